The molecule has 4 rings (SSSR count). The topological polar surface area (TPSA) is 138 Å². The van der Waals surface area contributed by atoms with Crippen molar-refractivity contribution < 1.29 is 23.1 Å². The van der Waals surface area contributed by atoms with E-state index < -0.39 is 27.9 Å². The number of carbonyl (C=O) groups excluding carboxylic acids is 1. The Morgan fingerprint density at radius 3 is 2.51 bits per heavy atom. The van der Waals surface area contributed by atoms with Crippen molar-refractivity contribution in [1.29, 1.82) is 0 Å². The number of hydrogen-bond donors (Lipinski definition) is 3. The normalized spacial score (nSPS) is 12.2. The molecule has 0 aliphatic carbocycles. The quantitative estimate of drug-likeness (QED) is 0.221. The summed E-state index contributed by atoms with van der Waals surface area (Å²) in [4.78, 5) is 33.3. The molecule has 4 aromatic rings. The first-order valence-electron chi connectivity index (χ1n) is 10.5. The first-order chi connectivity index (χ1) is 17.5. The van der Waals surface area contributed by atoms with Crippen LogP contribution in [0.3, 0.4) is 0 Å². The molecule has 1 atom stereocenters. The second-order valence-electron chi connectivity index (χ2n) is 7.79. The fourth-order valence-electron chi connectivity index (χ4n) is 3.52. The largest absolute Gasteiger partial charge is 0.480 e. The fourth-order valence-corrected chi connectivity index (χ4v) is 5.95. The molecule has 1 amide bonds. The van der Waals surface area contributed by atoms with Crippen molar-refractivity contribution in [3.05, 3.63) is 90.3 Å². The maximum Gasteiger partial charge on any atom is 0.326 e. The van der Waals surface area contributed by atoms with Crippen LogP contribution >= 0.6 is 56.8 Å². The smallest absolute Gasteiger partial charge is 0.326 e. The van der Waals surface area contributed by atoms with Gasteiger partial charge in [-0.3, -0.25) is 19.5 Å². The van der Waals surface area contributed by atoms with Gasteiger partial charge in [0.2, 0.25) is 0 Å². The summed E-state index contributed by atoms with van der Waals surface area (Å²) < 4.78 is 30.5. The predicted octanol–water partition coefficient (Wildman–Crippen LogP) is 4.72. The average molecular weight is 763 g/mol. The van der Waals surface area contributed by atoms with Gasteiger partial charge in [0, 0.05) is 26.0 Å². The lowest BCUT2D eigenvalue weighted by atomic mass is 10.1. The summed E-state index contributed by atoms with van der Waals surface area (Å²) in [5.74, 6) is -1.98. The van der Waals surface area contributed by atoms with Crippen LogP contribution in [0.4, 0.5) is 5.69 Å². The van der Waals surface area contributed by atoms with Crippen molar-refractivity contribution in [2.45, 2.75) is 17.4 Å². The molecule has 3 N–H and O–H groups in total. The van der Waals surface area contributed by atoms with E-state index in [1.165, 1.54) is 30.6 Å². The summed E-state index contributed by atoms with van der Waals surface area (Å²) in [5.41, 5.74) is 1.20. The van der Waals surface area contributed by atoms with Crippen molar-refractivity contribution in [3.63, 3.8) is 0 Å². The van der Waals surface area contributed by atoms with E-state index in [0.717, 1.165) is 3.57 Å². The monoisotopic (exact) mass is 762 g/mol. The molecule has 1 heterocycles. The zero-order chi connectivity index (χ0) is 26.7. The number of halogens is 3. The van der Waals surface area contributed by atoms with Crippen LogP contribution in [0.1, 0.15) is 15.9 Å². The highest BCUT2D eigenvalue weighted by Crippen LogP contribution is 2.26. The van der Waals surface area contributed by atoms with Crippen molar-refractivity contribution >= 4 is 95.4 Å². The molecule has 0 saturated heterocycles. The van der Waals surface area contributed by atoms with Crippen LogP contribution in [0.2, 0.25) is 5.02 Å². The Labute approximate surface area is 244 Å². The van der Waals surface area contributed by atoms with Gasteiger partial charge in [-0.2, -0.15) is 0 Å². The first-order valence-corrected chi connectivity index (χ1v) is 14.6. The zero-order valence-corrected chi connectivity index (χ0v) is 24.5. The Bertz CT molecular complexity index is 1630. The number of carboxylic acids is 1. The number of rotatable bonds is 8. The number of sulfonamides is 1. The van der Waals surface area contributed by atoms with Crippen LogP contribution in [0, 0.1) is 7.14 Å². The van der Waals surface area contributed by atoms with Crippen molar-refractivity contribution in [3.8, 4) is 0 Å². The molecule has 1 aromatic heterocycles. The maximum absolute atomic E-state index is 13.3. The highest BCUT2D eigenvalue weighted by molar-refractivity contribution is 14.1. The molecule has 0 saturated carbocycles. The molecule has 0 aliphatic heterocycles. The van der Waals surface area contributed by atoms with Crippen LogP contribution in [0.15, 0.2) is 71.9 Å². The van der Waals surface area contributed by atoms with E-state index in [0.29, 0.717) is 19.7 Å². The Morgan fingerprint density at radius 1 is 1.03 bits per heavy atom. The van der Waals surface area contributed by atoms with Crippen LogP contribution in [0.25, 0.3) is 11.0 Å². The second kappa shape index (κ2) is 11.4. The second-order valence-corrected chi connectivity index (χ2v) is 12.3. The molecule has 9 nitrogen and oxygen atoms in total. The van der Waals surface area contributed by atoms with Crippen LogP contribution in [-0.4, -0.2) is 41.4 Å². The number of carbonyl (C=O) groups is 2. The Kier molecular flexibility index (Phi) is 8.50. The summed E-state index contributed by atoms with van der Waals surface area (Å²) in [6, 6.07) is 12.9. The van der Waals surface area contributed by atoms with E-state index in [9.17, 15) is 23.1 Å². The SMILES string of the molecule is O=C(N[C@@H](Cc1ccc(Cl)c(I)c1)C(=O)O)c1ccc(I)cc1NS(=O)(=O)c1cccc2nccnc12. The van der Waals surface area contributed by atoms with Crippen molar-refractivity contribution in [1.82, 2.24) is 15.3 Å². The zero-order valence-electron chi connectivity index (χ0n) is 18.7. The van der Waals surface area contributed by atoms with E-state index in [1.807, 2.05) is 45.2 Å². The predicted molar refractivity (Wildman–Crippen MR) is 156 cm³/mol. The van der Waals surface area contributed by atoms with Crippen LogP contribution in [-0.2, 0) is 21.2 Å². The van der Waals surface area contributed by atoms with E-state index in [-0.39, 0.29) is 28.1 Å². The molecule has 37 heavy (non-hydrogen) atoms. The molecular weight excluding hydrogens is 746 g/mol. The van der Waals surface area contributed by atoms with Gasteiger partial charge in [0.25, 0.3) is 15.9 Å². The maximum atomic E-state index is 13.3. The third-order valence-electron chi connectivity index (χ3n) is 5.25. The highest BCUT2D eigenvalue weighted by atomic mass is 127. The molecule has 0 aliphatic rings. The standard InChI is InChI=1S/C24H17ClI2N4O5S/c25-16-7-4-13(10-17(16)27)11-20(24(33)34)30-23(32)15-6-5-14(26)12-19(15)31-37(35,36)21-3-1-2-18-22(21)29-9-8-28-18/h1-10,12,20,31H,11H2,(H,30,32)(H,33,34)/t20-/m0/s1. The van der Waals surface area contributed by atoms with Gasteiger partial charge in [0.05, 0.1) is 21.8 Å². The lowest BCUT2D eigenvalue weighted by Crippen LogP contribution is -2.42. The number of para-hydroxylation sites is 1. The molecule has 0 bridgehead atoms. The first kappa shape index (κ1) is 27.5. The number of fused-ring (bicyclic) bond motifs is 1. The number of carboxylic acid groups (broad SMARTS) is 1. The summed E-state index contributed by atoms with van der Waals surface area (Å²) >= 11 is 10.1. The number of aromatic nitrogens is 2. The summed E-state index contributed by atoms with van der Waals surface area (Å²) in [7, 11) is -4.18. The minimum Gasteiger partial charge on any atom is -0.480 e. The van der Waals surface area contributed by atoms with Crippen LogP contribution in [0.5, 0.6) is 0 Å². The van der Waals surface area contributed by atoms with Crippen molar-refractivity contribution in [2.24, 2.45) is 0 Å². The molecule has 0 unspecified atom stereocenters. The van der Waals surface area contributed by atoms with Gasteiger partial charge in [-0.25, -0.2) is 13.2 Å². The number of anilines is 1. The van der Waals surface area contributed by atoms with E-state index in [1.54, 1.807) is 36.4 Å². The summed E-state index contributed by atoms with van der Waals surface area (Å²) in [5, 5.41) is 12.8. The van der Waals surface area contributed by atoms with Gasteiger partial charge in [-0.15, -0.1) is 0 Å². The number of benzene rings is 3. The Morgan fingerprint density at radius 2 is 1.78 bits per heavy atom. The average Bonchev–Trinajstić information content (AvgIpc) is 2.85. The molecule has 0 fully saturated rings. The van der Waals surface area contributed by atoms with Gasteiger partial charge in [0.1, 0.15) is 16.5 Å². The third kappa shape index (κ3) is 6.48. The fraction of sp³-hybridized carbons (Fsp3) is 0.0833. The van der Waals surface area contributed by atoms with Gasteiger partial charge >= 0.3 is 5.97 Å². The highest BCUT2D eigenvalue weighted by Gasteiger charge is 2.25. The molecule has 0 spiro atoms. The minimum atomic E-state index is -4.18. The third-order valence-corrected chi connectivity index (χ3v) is 8.86. The van der Waals surface area contributed by atoms with E-state index in [2.05, 4.69) is 20.0 Å². The molecule has 13 heteroatoms. The molecule has 0 radical (unpaired) electrons. The molecular formula is C24H17ClI2N4O5S. The summed E-state index contributed by atoms with van der Waals surface area (Å²) in [6.45, 7) is 0. The van der Waals surface area contributed by atoms with Gasteiger partial charge in [-0.1, -0.05) is 23.7 Å². The minimum absolute atomic E-state index is 0.00419. The summed E-state index contributed by atoms with van der Waals surface area (Å²) in [6.07, 6.45) is 2.85. The lowest BCUT2D eigenvalue weighted by Gasteiger charge is -2.18. The van der Waals surface area contributed by atoms with Gasteiger partial charge in [-0.05, 0) is 93.2 Å². The number of amides is 1. The molecule has 190 valence electrons. The number of nitrogens with one attached hydrogen (secondary N) is 2. The Balaban J connectivity index is 1.63. The van der Waals surface area contributed by atoms with Crippen molar-refractivity contribution in [2.75, 3.05) is 4.72 Å². The lowest BCUT2D eigenvalue weighted by molar-refractivity contribution is -0.139. The van der Waals surface area contributed by atoms with E-state index >= 15 is 0 Å². The van der Waals surface area contributed by atoms with Gasteiger partial charge in [0.15, 0.2) is 0 Å². The van der Waals surface area contributed by atoms with Gasteiger partial charge < -0.3 is 10.4 Å². The van der Waals surface area contributed by atoms with E-state index in [4.69, 9.17) is 11.6 Å². The molecule has 3 aromatic carbocycles. The number of nitrogens with zero attached hydrogens (tertiary/aromatic N) is 2. The number of hydrogen-bond acceptors (Lipinski definition) is 6. The number of aliphatic carboxylic acids is 1. The Hall–Kier alpha value is -2.56. The van der Waals surface area contributed by atoms with Crippen LogP contribution < -0.4 is 10.0 Å².